The van der Waals surface area contributed by atoms with Crippen molar-refractivity contribution in [3.05, 3.63) is 72.1 Å². The monoisotopic (exact) mass is 316 g/mol. The molecule has 0 amide bonds. The van der Waals surface area contributed by atoms with Gasteiger partial charge < -0.3 is 0 Å². The first-order valence-corrected chi connectivity index (χ1v) is 8.81. The average molecular weight is 316 g/mol. The maximum Gasteiger partial charge on any atom is 0.159 e. The Balaban J connectivity index is 1.95. The number of hydrogen-bond donors (Lipinski definition) is 0. The Kier molecular flexibility index (Phi) is 5.37. The fourth-order valence-corrected chi connectivity index (χ4v) is 2.98. The van der Waals surface area contributed by atoms with Gasteiger partial charge in [0.2, 0.25) is 0 Å². The molecule has 3 rings (SSSR count). The normalized spacial score (nSPS) is 10.8. The van der Waals surface area contributed by atoms with Gasteiger partial charge in [0.25, 0.3) is 0 Å². The highest BCUT2D eigenvalue weighted by Gasteiger charge is 2.09. The Hall–Kier alpha value is -2.48. The molecule has 0 radical (unpaired) electrons. The molecule has 122 valence electrons. The topological polar surface area (TPSA) is 25.8 Å². The summed E-state index contributed by atoms with van der Waals surface area (Å²) in [5.41, 5.74) is 6.07. The van der Waals surface area contributed by atoms with Gasteiger partial charge >= 0.3 is 0 Å². The van der Waals surface area contributed by atoms with Crippen molar-refractivity contribution < 1.29 is 0 Å². The first-order valence-electron chi connectivity index (χ1n) is 8.81. The van der Waals surface area contributed by atoms with Crippen LogP contribution in [0.1, 0.15) is 37.8 Å². The van der Waals surface area contributed by atoms with E-state index in [-0.39, 0.29) is 0 Å². The lowest BCUT2D eigenvalue weighted by Gasteiger charge is -2.10. The third kappa shape index (κ3) is 3.70. The Labute approximate surface area is 144 Å². The second kappa shape index (κ2) is 7.87. The Bertz CT molecular complexity index is 705. The van der Waals surface area contributed by atoms with E-state index in [2.05, 4.69) is 66.3 Å². The fraction of sp³-hybridized carbons (Fsp3) is 0.273. The van der Waals surface area contributed by atoms with Gasteiger partial charge in [-0.3, -0.25) is 0 Å². The predicted octanol–water partition coefficient (Wildman–Crippen LogP) is 5.72. The van der Waals surface area contributed by atoms with Crippen molar-refractivity contribution in [1.82, 2.24) is 9.97 Å². The number of aromatic nitrogens is 2. The quantitative estimate of drug-likeness (QED) is 0.581. The Morgan fingerprint density at radius 1 is 0.667 bits per heavy atom. The summed E-state index contributed by atoms with van der Waals surface area (Å²) in [5.74, 6) is 0.795. The highest BCUT2D eigenvalue weighted by Crippen LogP contribution is 2.30. The smallest absolute Gasteiger partial charge is 0.159 e. The van der Waals surface area contributed by atoms with Crippen molar-refractivity contribution in [2.45, 2.75) is 39.5 Å². The molecule has 0 aliphatic carbocycles. The molecule has 24 heavy (non-hydrogen) atoms. The second-order valence-electron chi connectivity index (χ2n) is 6.16. The third-order valence-corrected chi connectivity index (χ3v) is 4.22. The van der Waals surface area contributed by atoms with E-state index < -0.39 is 0 Å². The Morgan fingerprint density at radius 3 is 1.88 bits per heavy atom. The summed E-state index contributed by atoms with van der Waals surface area (Å²) in [7, 11) is 0. The van der Waals surface area contributed by atoms with Gasteiger partial charge in [-0.15, -0.1) is 0 Å². The van der Waals surface area contributed by atoms with Crippen LogP contribution in [0.5, 0.6) is 0 Å². The molecular formula is C22H24N2. The zero-order valence-electron chi connectivity index (χ0n) is 14.5. The number of benzene rings is 2. The molecule has 0 N–H and O–H groups in total. The first kappa shape index (κ1) is 16.4. The van der Waals surface area contributed by atoms with Crippen molar-refractivity contribution in [2.24, 2.45) is 0 Å². The molecule has 2 aromatic carbocycles. The third-order valence-electron chi connectivity index (χ3n) is 4.22. The second-order valence-corrected chi connectivity index (χ2v) is 6.16. The van der Waals surface area contributed by atoms with E-state index in [9.17, 15) is 0 Å². The van der Waals surface area contributed by atoms with Gasteiger partial charge in [-0.1, -0.05) is 75.2 Å². The summed E-state index contributed by atoms with van der Waals surface area (Å²) in [4.78, 5) is 9.18. The lowest BCUT2D eigenvalue weighted by molar-refractivity contribution is 0.902. The van der Waals surface area contributed by atoms with Crippen LogP contribution in [0, 0.1) is 0 Å². The maximum atomic E-state index is 4.59. The van der Waals surface area contributed by atoms with E-state index >= 15 is 0 Å². The van der Waals surface area contributed by atoms with E-state index in [0.29, 0.717) is 0 Å². The molecule has 3 aromatic rings. The average Bonchev–Trinajstić information content (AvgIpc) is 2.64. The fourth-order valence-electron chi connectivity index (χ4n) is 2.98. The van der Waals surface area contributed by atoms with Crippen LogP contribution in [0.25, 0.3) is 22.5 Å². The molecule has 2 heteroatoms. The lowest BCUT2D eigenvalue weighted by Crippen LogP contribution is -1.94. The molecule has 0 saturated carbocycles. The summed E-state index contributed by atoms with van der Waals surface area (Å²) >= 11 is 0. The van der Waals surface area contributed by atoms with Gasteiger partial charge in [0, 0.05) is 18.0 Å². The first-order chi connectivity index (χ1) is 11.8. The minimum Gasteiger partial charge on any atom is -0.236 e. The highest BCUT2D eigenvalue weighted by molar-refractivity contribution is 5.80. The minimum atomic E-state index is 0.795. The van der Waals surface area contributed by atoms with Crippen molar-refractivity contribution in [1.29, 1.82) is 0 Å². The van der Waals surface area contributed by atoms with E-state index in [1.807, 2.05) is 18.5 Å². The molecule has 0 spiro atoms. The summed E-state index contributed by atoms with van der Waals surface area (Å²) in [5, 5.41) is 0. The molecule has 2 nitrogen and oxygen atoms in total. The number of rotatable bonds is 6. The van der Waals surface area contributed by atoms with E-state index in [4.69, 9.17) is 0 Å². The molecule has 1 aromatic heterocycles. The summed E-state index contributed by atoms with van der Waals surface area (Å²) in [6, 6.07) is 17.2. The molecule has 0 bridgehead atoms. The molecule has 0 aliphatic heterocycles. The van der Waals surface area contributed by atoms with Crippen LogP contribution >= 0.6 is 0 Å². The zero-order valence-corrected chi connectivity index (χ0v) is 14.5. The molecule has 0 aliphatic rings. The SMILES string of the molecule is CCCc1ccc(-c2ccccc2-c2ncc(CCC)cn2)cc1. The molecule has 0 saturated heterocycles. The van der Waals surface area contributed by atoms with Crippen LogP contribution < -0.4 is 0 Å². The lowest BCUT2D eigenvalue weighted by atomic mass is 9.97. The number of hydrogen-bond acceptors (Lipinski definition) is 2. The van der Waals surface area contributed by atoms with Crippen LogP contribution in [0.4, 0.5) is 0 Å². The van der Waals surface area contributed by atoms with Gasteiger partial charge in [0.1, 0.15) is 0 Å². The molecule has 0 fully saturated rings. The van der Waals surface area contributed by atoms with Crippen molar-refractivity contribution in [3.8, 4) is 22.5 Å². The van der Waals surface area contributed by atoms with Gasteiger partial charge in [-0.05, 0) is 35.1 Å². The van der Waals surface area contributed by atoms with Crippen LogP contribution in [0.15, 0.2) is 60.9 Å². The number of aryl methyl sites for hydroxylation is 2. The minimum absolute atomic E-state index is 0.795. The zero-order chi connectivity index (χ0) is 16.8. The van der Waals surface area contributed by atoms with E-state index in [0.717, 1.165) is 30.7 Å². The van der Waals surface area contributed by atoms with Crippen LogP contribution in [-0.2, 0) is 12.8 Å². The van der Waals surface area contributed by atoms with Crippen LogP contribution in [0.2, 0.25) is 0 Å². The van der Waals surface area contributed by atoms with Gasteiger partial charge in [-0.25, -0.2) is 9.97 Å². The van der Waals surface area contributed by atoms with Crippen molar-refractivity contribution in [2.75, 3.05) is 0 Å². The highest BCUT2D eigenvalue weighted by atomic mass is 14.9. The van der Waals surface area contributed by atoms with E-state index in [1.165, 1.54) is 28.7 Å². The summed E-state index contributed by atoms with van der Waals surface area (Å²) in [6.07, 6.45) is 8.35. The van der Waals surface area contributed by atoms with Crippen LogP contribution in [-0.4, -0.2) is 9.97 Å². The standard InChI is InChI=1S/C22H24N2/c1-3-7-17-11-13-19(14-12-17)20-9-5-6-10-21(20)22-23-15-18(8-4-2)16-24-22/h5-6,9-16H,3-4,7-8H2,1-2H3. The van der Waals surface area contributed by atoms with Crippen molar-refractivity contribution >= 4 is 0 Å². The molecule has 0 unspecified atom stereocenters. The predicted molar refractivity (Wildman–Crippen MR) is 101 cm³/mol. The molecule has 0 atom stereocenters. The summed E-state index contributed by atoms with van der Waals surface area (Å²) in [6.45, 7) is 4.38. The molecular weight excluding hydrogens is 292 g/mol. The van der Waals surface area contributed by atoms with Gasteiger partial charge in [0.15, 0.2) is 5.82 Å². The molecule has 1 heterocycles. The maximum absolute atomic E-state index is 4.59. The number of nitrogens with zero attached hydrogens (tertiary/aromatic N) is 2. The van der Waals surface area contributed by atoms with Crippen LogP contribution in [0.3, 0.4) is 0 Å². The van der Waals surface area contributed by atoms with Gasteiger partial charge in [-0.2, -0.15) is 0 Å². The Morgan fingerprint density at radius 2 is 1.25 bits per heavy atom. The van der Waals surface area contributed by atoms with Crippen molar-refractivity contribution in [3.63, 3.8) is 0 Å². The summed E-state index contributed by atoms with van der Waals surface area (Å²) < 4.78 is 0. The van der Waals surface area contributed by atoms with E-state index in [1.54, 1.807) is 0 Å². The van der Waals surface area contributed by atoms with Gasteiger partial charge in [0.05, 0.1) is 0 Å². The largest absolute Gasteiger partial charge is 0.236 e.